The molecule has 0 aromatic heterocycles. The molecule has 0 amide bonds. The summed E-state index contributed by atoms with van der Waals surface area (Å²) >= 11 is 0. The Balaban J connectivity index is 4.06. The van der Waals surface area contributed by atoms with E-state index in [4.69, 9.17) is 14.2 Å². The number of carbonyl (C=O) groups is 3. The minimum atomic E-state index is -0.759. The molecule has 6 nitrogen and oxygen atoms in total. The standard InChI is InChI=1S/C51H98O6/c1-6-7-8-29-38-43-51(54)57-48(45-56-50(53)42-37-33-28-24-20-16-12-14-18-22-26-31-35-40-47(4)5)44-55-49(52)41-36-32-27-23-19-15-11-9-10-13-17-21-25-30-34-39-46(2)3/h46-48H,6-45H2,1-5H3/t48-/m0/s1. The Morgan fingerprint density at radius 2 is 0.579 bits per heavy atom. The Kier molecular flexibility index (Phi) is 42.7. The van der Waals surface area contributed by atoms with Crippen molar-refractivity contribution in [2.45, 2.75) is 285 Å². The molecule has 0 bridgehead atoms. The molecule has 0 fully saturated rings. The fraction of sp³-hybridized carbons (Fsp3) is 0.941. The summed E-state index contributed by atoms with van der Waals surface area (Å²) in [6.45, 7) is 11.3. The summed E-state index contributed by atoms with van der Waals surface area (Å²) < 4.78 is 16.7. The SMILES string of the molecule is CCCCCCCC(=O)O[C@@H](COC(=O)CCCCCCCCCCCCCCCCCC(C)C)COC(=O)CCCCCCCCCCCCCCCC(C)C. The molecule has 0 aliphatic heterocycles. The number of rotatable bonds is 45. The molecule has 0 unspecified atom stereocenters. The third kappa shape index (κ3) is 45.3. The van der Waals surface area contributed by atoms with E-state index in [1.165, 1.54) is 161 Å². The van der Waals surface area contributed by atoms with Gasteiger partial charge in [0.15, 0.2) is 6.10 Å². The van der Waals surface area contributed by atoms with Crippen LogP contribution in [0.15, 0.2) is 0 Å². The number of hydrogen-bond acceptors (Lipinski definition) is 6. The third-order valence-corrected chi connectivity index (χ3v) is 11.5. The minimum absolute atomic E-state index is 0.0652. The van der Waals surface area contributed by atoms with Gasteiger partial charge in [-0.3, -0.25) is 14.4 Å². The summed E-state index contributed by atoms with van der Waals surface area (Å²) in [5.74, 6) is 0.825. The van der Waals surface area contributed by atoms with Gasteiger partial charge in [-0.15, -0.1) is 0 Å². The van der Waals surface area contributed by atoms with Crippen LogP contribution < -0.4 is 0 Å². The third-order valence-electron chi connectivity index (χ3n) is 11.5. The highest BCUT2D eigenvalue weighted by Crippen LogP contribution is 2.17. The summed E-state index contributed by atoms with van der Waals surface area (Å²) in [4.78, 5) is 37.6. The predicted molar refractivity (Wildman–Crippen MR) is 243 cm³/mol. The molecule has 0 aliphatic carbocycles. The smallest absolute Gasteiger partial charge is 0.306 e. The molecule has 0 aromatic carbocycles. The van der Waals surface area contributed by atoms with E-state index in [0.29, 0.717) is 19.3 Å². The van der Waals surface area contributed by atoms with Crippen LogP contribution in [0.4, 0.5) is 0 Å². The van der Waals surface area contributed by atoms with Gasteiger partial charge < -0.3 is 14.2 Å². The molecule has 1 atom stereocenters. The average Bonchev–Trinajstić information content (AvgIpc) is 3.18. The lowest BCUT2D eigenvalue weighted by Crippen LogP contribution is -2.30. The Labute approximate surface area is 355 Å². The summed E-state index contributed by atoms with van der Waals surface area (Å²) in [5, 5.41) is 0. The normalized spacial score (nSPS) is 12.1. The van der Waals surface area contributed by atoms with E-state index in [0.717, 1.165) is 76.0 Å². The maximum Gasteiger partial charge on any atom is 0.306 e. The second-order valence-electron chi connectivity index (χ2n) is 18.4. The van der Waals surface area contributed by atoms with Gasteiger partial charge in [-0.25, -0.2) is 0 Å². The van der Waals surface area contributed by atoms with Gasteiger partial charge in [0.1, 0.15) is 13.2 Å². The molecule has 0 N–H and O–H groups in total. The van der Waals surface area contributed by atoms with Crippen molar-refractivity contribution in [3.05, 3.63) is 0 Å². The Morgan fingerprint density at radius 1 is 0.333 bits per heavy atom. The van der Waals surface area contributed by atoms with E-state index in [1.54, 1.807) is 0 Å². The van der Waals surface area contributed by atoms with Crippen molar-refractivity contribution in [1.29, 1.82) is 0 Å². The van der Waals surface area contributed by atoms with Crippen molar-refractivity contribution in [2.24, 2.45) is 11.8 Å². The first-order chi connectivity index (χ1) is 27.7. The zero-order valence-corrected chi connectivity index (χ0v) is 39.0. The lowest BCUT2D eigenvalue weighted by molar-refractivity contribution is -0.167. The van der Waals surface area contributed by atoms with Crippen LogP contribution >= 0.6 is 0 Å². The second-order valence-corrected chi connectivity index (χ2v) is 18.4. The lowest BCUT2D eigenvalue weighted by Gasteiger charge is -2.18. The van der Waals surface area contributed by atoms with E-state index in [2.05, 4.69) is 34.6 Å². The molecular formula is C51H98O6. The number of esters is 3. The van der Waals surface area contributed by atoms with Crippen LogP contribution in [-0.2, 0) is 28.6 Å². The molecule has 0 rings (SSSR count). The number of hydrogen-bond donors (Lipinski definition) is 0. The topological polar surface area (TPSA) is 78.9 Å². The van der Waals surface area contributed by atoms with Crippen molar-refractivity contribution in [3.8, 4) is 0 Å². The number of carbonyl (C=O) groups excluding carboxylic acids is 3. The number of unbranched alkanes of at least 4 members (excludes halogenated alkanes) is 30. The van der Waals surface area contributed by atoms with E-state index < -0.39 is 6.10 Å². The zero-order valence-electron chi connectivity index (χ0n) is 39.0. The molecule has 0 aromatic rings. The van der Waals surface area contributed by atoms with Gasteiger partial charge in [-0.2, -0.15) is 0 Å². The largest absolute Gasteiger partial charge is 0.462 e. The van der Waals surface area contributed by atoms with Crippen molar-refractivity contribution in [3.63, 3.8) is 0 Å². The van der Waals surface area contributed by atoms with E-state index >= 15 is 0 Å². The van der Waals surface area contributed by atoms with Gasteiger partial charge in [0, 0.05) is 19.3 Å². The molecule has 0 saturated carbocycles. The first kappa shape index (κ1) is 55.4. The Morgan fingerprint density at radius 3 is 0.860 bits per heavy atom. The van der Waals surface area contributed by atoms with Gasteiger partial charge in [0.2, 0.25) is 0 Å². The van der Waals surface area contributed by atoms with Gasteiger partial charge in [0.05, 0.1) is 0 Å². The molecule has 0 heterocycles. The van der Waals surface area contributed by atoms with Crippen molar-refractivity contribution in [2.75, 3.05) is 13.2 Å². The zero-order chi connectivity index (χ0) is 41.9. The molecule has 6 heteroatoms. The fourth-order valence-electron chi connectivity index (χ4n) is 7.64. The molecule has 338 valence electrons. The molecule has 0 aliphatic rings. The van der Waals surface area contributed by atoms with Crippen LogP contribution in [-0.4, -0.2) is 37.2 Å². The van der Waals surface area contributed by atoms with Gasteiger partial charge >= 0.3 is 17.9 Å². The predicted octanol–water partition coefficient (Wildman–Crippen LogP) is 16.1. The highest BCUT2D eigenvalue weighted by Gasteiger charge is 2.19. The minimum Gasteiger partial charge on any atom is -0.462 e. The van der Waals surface area contributed by atoms with Crippen molar-refractivity contribution < 1.29 is 28.6 Å². The molecule has 57 heavy (non-hydrogen) atoms. The number of ether oxygens (including phenoxy) is 3. The van der Waals surface area contributed by atoms with Crippen LogP contribution in [0, 0.1) is 11.8 Å². The first-order valence-corrected chi connectivity index (χ1v) is 25.2. The highest BCUT2D eigenvalue weighted by molar-refractivity contribution is 5.71. The van der Waals surface area contributed by atoms with E-state index in [1.807, 2.05) is 0 Å². The fourth-order valence-corrected chi connectivity index (χ4v) is 7.64. The quantitative estimate of drug-likeness (QED) is 0.0346. The summed E-state index contributed by atoms with van der Waals surface area (Å²) in [6.07, 6.45) is 44.1. The lowest BCUT2D eigenvalue weighted by atomic mass is 10.0. The first-order valence-electron chi connectivity index (χ1n) is 25.2. The van der Waals surface area contributed by atoms with Crippen LogP contribution in [0.5, 0.6) is 0 Å². The van der Waals surface area contributed by atoms with Gasteiger partial charge in [-0.1, -0.05) is 240 Å². The van der Waals surface area contributed by atoms with Gasteiger partial charge in [-0.05, 0) is 31.1 Å². The van der Waals surface area contributed by atoms with Crippen LogP contribution in [0.3, 0.4) is 0 Å². The summed E-state index contributed by atoms with van der Waals surface area (Å²) in [6, 6.07) is 0. The summed E-state index contributed by atoms with van der Waals surface area (Å²) in [5.41, 5.74) is 0. The second kappa shape index (κ2) is 44.0. The highest BCUT2D eigenvalue weighted by atomic mass is 16.6. The van der Waals surface area contributed by atoms with Crippen molar-refractivity contribution in [1.82, 2.24) is 0 Å². The van der Waals surface area contributed by atoms with Crippen molar-refractivity contribution >= 4 is 17.9 Å². The molecule has 0 saturated heterocycles. The Bertz CT molecular complexity index is 870. The van der Waals surface area contributed by atoms with E-state index in [-0.39, 0.29) is 31.1 Å². The van der Waals surface area contributed by atoms with Crippen LogP contribution in [0.1, 0.15) is 279 Å². The van der Waals surface area contributed by atoms with Crippen LogP contribution in [0.2, 0.25) is 0 Å². The maximum absolute atomic E-state index is 12.6. The average molecular weight is 807 g/mol. The maximum atomic E-state index is 12.6. The summed E-state index contributed by atoms with van der Waals surface area (Å²) in [7, 11) is 0. The monoisotopic (exact) mass is 807 g/mol. The molecule has 0 radical (unpaired) electrons. The van der Waals surface area contributed by atoms with Gasteiger partial charge in [0.25, 0.3) is 0 Å². The van der Waals surface area contributed by atoms with E-state index in [9.17, 15) is 14.4 Å². The molecule has 0 spiro atoms. The van der Waals surface area contributed by atoms with Crippen LogP contribution in [0.25, 0.3) is 0 Å². The molecular weight excluding hydrogens is 709 g/mol. The Hall–Kier alpha value is -1.59.